The molecule has 0 saturated carbocycles. The molecule has 0 bridgehead atoms. The highest BCUT2D eigenvalue weighted by Gasteiger charge is 2.42. The van der Waals surface area contributed by atoms with Crippen LogP contribution in [0.15, 0.2) is 0 Å². The Morgan fingerprint density at radius 2 is 1.08 bits per heavy atom. The number of carbonyl (C=O) groups is 1. The van der Waals surface area contributed by atoms with Gasteiger partial charge in [-0.05, 0) is 6.92 Å². The molecule has 0 aromatic rings. The van der Waals surface area contributed by atoms with Gasteiger partial charge in [-0.15, -0.1) is 0 Å². The fraction of sp³-hybridized carbons (Fsp3) is 0.958. The zero-order valence-corrected chi connectivity index (χ0v) is 29.9. The molecule has 0 spiro atoms. The lowest BCUT2D eigenvalue weighted by atomic mass is 9.94. The van der Waals surface area contributed by atoms with Gasteiger partial charge in [0.25, 0.3) is 0 Å². The quantitative estimate of drug-likeness (QED) is 0.0960. The van der Waals surface area contributed by atoms with E-state index in [0.29, 0.717) is 0 Å². The van der Waals surface area contributed by atoms with Crippen LogP contribution in [-0.2, 0) is 67.5 Å². The Morgan fingerprint density at radius 3 is 1.40 bits per heavy atom. The molecule has 23 nitrogen and oxygen atoms in total. The van der Waals surface area contributed by atoms with E-state index in [1.54, 1.807) is 13.8 Å². The van der Waals surface area contributed by atoms with E-state index >= 15 is 0 Å². The third kappa shape index (κ3) is 18.0. The summed E-state index contributed by atoms with van der Waals surface area (Å²) in [4.78, 5) is 10.7. The Hall–Kier alpha value is -1.28. The minimum absolute atomic E-state index is 0.0473. The number of hydrogen-bond acceptors (Lipinski definition) is 23. The average molecular weight is 797 g/mol. The van der Waals surface area contributed by atoms with Crippen LogP contribution in [0.5, 0.6) is 0 Å². The molecule has 3 aliphatic heterocycles. The number of aliphatic carboxylic acids is 1. The summed E-state index contributed by atoms with van der Waals surface area (Å²) in [5, 5.41) is 58.2. The molecule has 0 amide bonds. The molecule has 0 aliphatic carbocycles. The van der Waals surface area contributed by atoms with Crippen molar-refractivity contribution >= 4 is 37.2 Å². The van der Waals surface area contributed by atoms with Crippen LogP contribution < -0.4 is 5.11 Å². The molecule has 0 radical (unpaired) electrons. The van der Waals surface area contributed by atoms with Crippen molar-refractivity contribution in [3.05, 3.63) is 0 Å². The minimum Gasteiger partial charge on any atom is -0.726 e. The van der Waals surface area contributed by atoms with Gasteiger partial charge in [0, 0.05) is 18.4 Å². The summed E-state index contributed by atoms with van der Waals surface area (Å²) >= 11 is 0. The Morgan fingerprint density at radius 1 is 0.680 bits per heavy atom. The zero-order valence-electron chi connectivity index (χ0n) is 27.5. The second kappa shape index (κ2) is 22.1. The van der Waals surface area contributed by atoms with Gasteiger partial charge in [0.05, 0.1) is 51.2 Å². The normalized spacial score (nSPS) is 34.8. The van der Waals surface area contributed by atoms with Crippen LogP contribution in [0.1, 0.15) is 34.6 Å². The van der Waals surface area contributed by atoms with E-state index in [4.69, 9.17) is 18.9 Å². The SMILES string of the molecule is CC.CC1COC(COS(=O)(=O)[O-])C(O)C1O.CC1COC(COS(=O)(=O)[O-])C(O)C1O.CCOC1C(C(=O)[O-])OCC(OS(=O)(=O)[O-])C1O. The first-order valence-corrected chi connectivity index (χ1v) is 18.8. The fourth-order valence-corrected chi connectivity index (χ4v) is 5.33. The Balaban J connectivity index is 0.000000706. The van der Waals surface area contributed by atoms with Crippen molar-refractivity contribution in [2.24, 2.45) is 11.8 Å². The van der Waals surface area contributed by atoms with Gasteiger partial charge in [0.1, 0.15) is 48.8 Å². The molecule has 12 unspecified atom stereocenters. The molecule has 300 valence electrons. The predicted octanol–water partition coefficient (Wildman–Crippen LogP) is -5.79. The van der Waals surface area contributed by atoms with Gasteiger partial charge in [-0.2, -0.15) is 0 Å². The van der Waals surface area contributed by atoms with E-state index in [2.05, 4.69) is 12.5 Å². The van der Waals surface area contributed by atoms with Crippen molar-refractivity contribution in [1.82, 2.24) is 0 Å². The number of ether oxygens (including phenoxy) is 4. The standard InChI is InChI=1S/C8H14O9S.2C7H14O7S.C2H6/c1-2-15-6-5(9)4(17-18(12,13)14)3-16-7(6)8(10)11;2*1-4-2-13-5(7(9)6(4)8)3-14-15(10,11)12;1-2/h4-7,9H,2-3H2,1H3,(H,10,11)(H,12,13,14);2*4-9H,2-3H2,1H3,(H,10,11,12);1-2H3/p-4. The topological polar surface area (TPSA) is 377 Å². The molecule has 3 heterocycles. The van der Waals surface area contributed by atoms with Crippen LogP contribution in [0, 0.1) is 11.8 Å². The van der Waals surface area contributed by atoms with Crippen LogP contribution in [-0.4, -0.2) is 171 Å². The summed E-state index contributed by atoms with van der Waals surface area (Å²) in [5.74, 6) is -2.11. The van der Waals surface area contributed by atoms with E-state index in [1.165, 1.54) is 6.92 Å². The average Bonchev–Trinajstić information content (AvgIpc) is 3.00. The first-order valence-electron chi connectivity index (χ1n) is 14.8. The van der Waals surface area contributed by atoms with Crippen molar-refractivity contribution < 1.29 is 106 Å². The van der Waals surface area contributed by atoms with Crippen LogP contribution in [0.2, 0.25) is 0 Å². The molecule has 26 heteroatoms. The number of aliphatic hydroxyl groups excluding tert-OH is 5. The number of carboxylic acids is 1. The molecule has 3 fully saturated rings. The molecule has 3 aliphatic rings. The summed E-state index contributed by atoms with van der Waals surface area (Å²) < 4.78 is 124. The molecular weight excluding hydrogens is 752 g/mol. The maximum absolute atomic E-state index is 10.7. The number of rotatable bonds is 11. The number of aliphatic hydroxyl groups is 5. The van der Waals surface area contributed by atoms with Crippen LogP contribution in [0.25, 0.3) is 0 Å². The molecule has 3 saturated heterocycles. The molecule has 50 heavy (non-hydrogen) atoms. The van der Waals surface area contributed by atoms with Crippen molar-refractivity contribution in [2.75, 3.05) is 39.6 Å². The Kier molecular flexibility index (Phi) is 21.5. The van der Waals surface area contributed by atoms with Crippen molar-refractivity contribution in [3.8, 4) is 0 Å². The van der Waals surface area contributed by atoms with Gasteiger partial charge in [-0.3, -0.25) is 12.5 Å². The van der Waals surface area contributed by atoms with Gasteiger partial charge < -0.3 is 68.0 Å². The number of carboxylic acid groups (broad SMARTS) is 1. The minimum atomic E-state index is -5.04. The first-order chi connectivity index (χ1) is 22.9. The van der Waals surface area contributed by atoms with Gasteiger partial charge in [0.15, 0.2) is 0 Å². The first kappa shape index (κ1) is 48.7. The van der Waals surface area contributed by atoms with Gasteiger partial charge in [-0.1, -0.05) is 27.7 Å². The Bertz CT molecular complexity index is 1250. The molecule has 0 aromatic heterocycles. The molecule has 0 aromatic carbocycles. The smallest absolute Gasteiger partial charge is 0.218 e. The van der Waals surface area contributed by atoms with E-state index < -0.39 is 118 Å². The van der Waals surface area contributed by atoms with Gasteiger partial charge >= 0.3 is 0 Å². The summed E-state index contributed by atoms with van der Waals surface area (Å²) in [5.41, 5.74) is 0. The largest absolute Gasteiger partial charge is 0.726 e. The molecular formula is C24H44O23S3-4. The third-order valence-electron chi connectivity index (χ3n) is 6.82. The van der Waals surface area contributed by atoms with E-state index in [1.807, 2.05) is 13.8 Å². The summed E-state index contributed by atoms with van der Waals surface area (Å²) in [7, 11) is -14.6. The number of carbonyl (C=O) groups excluding carboxylic acids is 1. The second-order valence-electron chi connectivity index (χ2n) is 10.6. The van der Waals surface area contributed by atoms with Gasteiger partial charge in [0.2, 0.25) is 31.2 Å². The van der Waals surface area contributed by atoms with E-state index in [9.17, 15) is 74.3 Å². The number of hydrogen-bond donors (Lipinski definition) is 5. The highest BCUT2D eigenvalue weighted by atomic mass is 32.3. The van der Waals surface area contributed by atoms with Crippen LogP contribution in [0.4, 0.5) is 0 Å². The zero-order chi connectivity index (χ0) is 39.2. The van der Waals surface area contributed by atoms with E-state index in [-0.39, 0.29) is 31.7 Å². The molecule has 5 N–H and O–H groups in total. The van der Waals surface area contributed by atoms with E-state index in [0.717, 1.165) is 0 Å². The van der Waals surface area contributed by atoms with Gasteiger partial charge in [-0.25, -0.2) is 25.3 Å². The molecule has 3 rings (SSSR count). The summed E-state index contributed by atoms with van der Waals surface area (Å²) in [6, 6.07) is 0. The van der Waals surface area contributed by atoms with Crippen molar-refractivity contribution in [3.63, 3.8) is 0 Å². The maximum Gasteiger partial charge on any atom is 0.218 e. The highest BCUT2D eigenvalue weighted by molar-refractivity contribution is 7.81. The lowest BCUT2D eigenvalue weighted by Gasteiger charge is -2.39. The molecule has 12 atom stereocenters. The summed E-state index contributed by atoms with van der Waals surface area (Å²) in [6.07, 6.45) is -12.6. The highest BCUT2D eigenvalue weighted by Crippen LogP contribution is 2.23. The third-order valence-corrected chi connectivity index (χ3v) is 8.15. The predicted molar refractivity (Wildman–Crippen MR) is 155 cm³/mol. The fourth-order valence-electron chi connectivity index (χ4n) is 4.25. The second-order valence-corrected chi connectivity index (χ2v) is 13.7. The lowest BCUT2D eigenvalue weighted by Crippen LogP contribution is -2.60. The van der Waals surface area contributed by atoms with Crippen LogP contribution >= 0.6 is 0 Å². The monoisotopic (exact) mass is 796 g/mol. The lowest BCUT2D eigenvalue weighted by molar-refractivity contribution is -0.328. The Labute approximate surface area is 289 Å². The maximum atomic E-state index is 10.7. The van der Waals surface area contributed by atoms with Crippen LogP contribution in [0.3, 0.4) is 0 Å². The van der Waals surface area contributed by atoms with Crippen molar-refractivity contribution in [2.45, 2.75) is 95.7 Å². The van der Waals surface area contributed by atoms with Crippen molar-refractivity contribution in [1.29, 1.82) is 0 Å². The summed E-state index contributed by atoms with van der Waals surface area (Å²) in [6.45, 7) is 7.53.